The first kappa shape index (κ1) is 18.9. The minimum Gasteiger partial charge on any atom is -0.381 e. The van der Waals surface area contributed by atoms with E-state index in [1.165, 1.54) is 6.42 Å². The number of hydrogen-bond acceptors (Lipinski definition) is 4. The van der Waals surface area contributed by atoms with Crippen molar-refractivity contribution in [1.82, 2.24) is 10.2 Å². The highest BCUT2D eigenvalue weighted by Gasteiger charge is 2.40. The number of carbonyl (C=O) groups excluding carboxylic acids is 2. The molecule has 1 atom stereocenters. The van der Waals surface area contributed by atoms with E-state index in [2.05, 4.69) is 15.5 Å². The van der Waals surface area contributed by atoms with Gasteiger partial charge in [0.25, 0.3) is 5.91 Å². The van der Waals surface area contributed by atoms with E-state index >= 15 is 0 Å². The maximum absolute atomic E-state index is 12.5. The summed E-state index contributed by atoms with van der Waals surface area (Å²) in [6.45, 7) is 7.68. The molecule has 2 saturated heterocycles. The number of ether oxygens (including phenoxy) is 1. The van der Waals surface area contributed by atoms with Crippen molar-refractivity contribution in [3.8, 4) is 0 Å². The summed E-state index contributed by atoms with van der Waals surface area (Å²) in [7, 11) is 0. The fourth-order valence-corrected chi connectivity index (χ4v) is 3.92. The van der Waals surface area contributed by atoms with E-state index in [1.54, 1.807) is 18.2 Å². The van der Waals surface area contributed by atoms with Gasteiger partial charge in [-0.1, -0.05) is 12.1 Å². The van der Waals surface area contributed by atoms with Crippen LogP contribution in [0, 0.1) is 5.41 Å². The monoisotopic (exact) mass is 359 g/mol. The smallest absolute Gasteiger partial charge is 0.253 e. The molecule has 142 valence electrons. The average molecular weight is 359 g/mol. The van der Waals surface area contributed by atoms with Crippen molar-refractivity contribution >= 4 is 17.5 Å². The van der Waals surface area contributed by atoms with Crippen molar-refractivity contribution < 1.29 is 14.3 Å². The largest absolute Gasteiger partial charge is 0.381 e. The normalized spacial score (nSPS) is 23.3. The van der Waals surface area contributed by atoms with Crippen LogP contribution in [0.3, 0.4) is 0 Å². The van der Waals surface area contributed by atoms with Gasteiger partial charge in [0, 0.05) is 24.6 Å². The van der Waals surface area contributed by atoms with Crippen LogP contribution in [0.1, 0.15) is 43.5 Å². The van der Waals surface area contributed by atoms with Gasteiger partial charge in [-0.2, -0.15) is 0 Å². The Hall–Kier alpha value is -1.92. The third-order valence-corrected chi connectivity index (χ3v) is 5.15. The molecule has 0 saturated carbocycles. The Morgan fingerprint density at radius 1 is 1.27 bits per heavy atom. The zero-order valence-corrected chi connectivity index (χ0v) is 15.7. The van der Waals surface area contributed by atoms with Crippen molar-refractivity contribution in [3.05, 3.63) is 29.8 Å². The number of benzene rings is 1. The lowest BCUT2D eigenvalue weighted by Gasteiger charge is -2.33. The number of nitrogens with one attached hydrogen (secondary N) is 2. The fraction of sp³-hybridized carbons (Fsp3) is 0.600. The molecule has 1 unspecified atom stereocenters. The molecule has 0 aliphatic carbocycles. The van der Waals surface area contributed by atoms with Gasteiger partial charge in [0.15, 0.2) is 0 Å². The van der Waals surface area contributed by atoms with Gasteiger partial charge < -0.3 is 15.4 Å². The van der Waals surface area contributed by atoms with Crippen molar-refractivity contribution in [2.45, 2.75) is 39.2 Å². The predicted molar refractivity (Wildman–Crippen MR) is 101 cm³/mol. The molecule has 1 aromatic rings. The van der Waals surface area contributed by atoms with Gasteiger partial charge in [0.2, 0.25) is 5.91 Å². The molecule has 6 heteroatoms. The molecule has 1 spiro atoms. The summed E-state index contributed by atoms with van der Waals surface area (Å²) in [5, 5.41) is 5.78. The van der Waals surface area contributed by atoms with Gasteiger partial charge in [0.05, 0.1) is 24.4 Å². The minimum absolute atomic E-state index is 0.0461. The summed E-state index contributed by atoms with van der Waals surface area (Å²) in [4.78, 5) is 27.0. The van der Waals surface area contributed by atoms with Crippen LogP contribution in [-0.4, -0.2) is 55.6 Å². The summed E-state index contributed by atoms with van der Waals surface area (Å²) >= 11 is 0. The number of anilines is 1. The van der Waals surface area contributed by atoms with Crippen LogP contribution in [0.15, 0.2) is 24.3 Å². The molecule has 2 N–H and O–H groups in total. The van der Waals surface area contributed by atoms with Gasteiger partial charge in [-0.3, -0.25) is 14.5 Å². The minimum atomic E-state index is -0.171. The first-order valence-electron chi connectivity index (χ1n) is 9.47. The van der Waals surface area contributed by atoms with Crippen LogP contribution in [0.4, 0.5) is 5.69 Å². The number of likely N-dealkylation sites (tertiary alicyclic amines) is 1. The van der Waals surface area contributed by atoms with Gasteiger partial charge in [0.1, 0.15) is 0 Å². The quantitative estimate of drug-likeness (QED) is 0.846. The average Bonchev–Trinajstić information content (AvgIpc) is 2.97. The SMILES string of the molecule is CC(C)NC(=O)c1ccccc1NC(=O)CN1CCC2(CCCOC2)C1. The summed E-state index contributed by atoms with van der Waals surface area (Å²) in [6, 6.07) is 7.18. The van der Waals surface area contributed by atoms with Crippen LogP contribution >= 0.6 is 0 Å². The highest BCUT2D eigenvalue weighted by Crippen LogP contribution is 2.37. The van der Waals surface area contributed by atoms with Crippen molar-refractivity contribution in [2.24, 2.45) is 5.41 Å². The van der Waals surface area contributed by atoms with Gasteiger partial charge in [-0.15, -0.1) is 0 Å². The molecule has 2 heterocycles. The maximum atomic E-state index is 12.5. The van der Waals surface area contributed by atoms with Crippen LogP contribution in [0.5, 0.6) is 0 Å². The first-order valence-corrected chi connectivity index (χ1v) is 9.47. The highest BCUT2D eigenvalue weighted by atomic mass is 16.5. The van der Waals surface area contributed by atoms with Crippen molar-refractivity contribution in [1.29, 1.82) is 0 Å². The Kier molecular flexibility index (Phi) is 5.94. The molecule has 26 heavy (non-hydrogen) atoms. The van der Waals surface area contributed by atoms with Crippen molar-refractivity contribution in [2.75, 3.05) is 38.2 Å². The third-order valence-electron chi connectivity index (χ3n) is 5.15. The van der Waals surface area contributed by atoms with Crippen LogP contribution < -0.4 is 10.6 Å². The summed E-state index contributed by atoms with van der Waals surface area (Å²) in [6.07, 6.45) is 3.38. The second-order valence-electron chi connectivity index (χ2n) is 7.84. The lowest BCUT2D eigenvalue weighted by Crippen LogP contribution is -2.38. The topological polar surface area (TPSA) is 70.7 Å². The van der Waals surface area contributed by atoms with Gasteiger partial charge in [-0.05, 0) is 51.8 Å². The lowest BCUT2D eigenvalue weighted by molar-refractivity contribution is -0.117. The molecule has 0 radical (unpaired) electrons. The van der Waals surface area contributed by atoms with E-state index in [-0.39, 0.29) is 23.3 Å². The Morgan fingerprint density at radius 2 is 2.08 bits per heavy atom. The number of nitrogens with zero attached hydrogens (tertiary/aromatic N) is 1. The van der Waals surface area contributed by atoms with Crippen LogP contribution in [0.25, 0.3) is 0 Å². The lowest BCUT2D eigenvalue weighted by atomic mass is 9.82. The number of carbonyl (C=O) groups is 2. The zero-order chi connectivity index (χ0) is 18.6. The maximum Gasteiger partial charge on any atom is 0.253 e. The van der Waals surface area contributed by atoms with Gasteiger partial charge >= 0.3 is 0 Å². The second kappa shape index (κ2) is 8.18. The predicted octanol–water partition coefficient (Wildman–Crippen LogP) is 2.27. The van der Waals surface area contributed by atoms with Gasteiger partial charge in [-0.25, -0.2) is 0 Å². The third kappa shape index (κ3) is 4.62. The highest BCUT2D eigenvalue weighted by molar-refractivity contribution is 6.04. The van der Waals surface area contributed by atoms with E-state index in [1.807, 2.05) is 19.9 Å². The summed E-state index contributed by atoms with van der Waals surface area (Å²) in [5.74, 6) is -0.251. The Bertz CT molecular complexity index is 653. The molecular weight excluding hydrogens is 330 g/mol. The van der Waals surface area contributed by atoms with E-state index in [0.717, 1.165) is 39.1 Å². The Morgan fingerprint density at radius 3 is 2.81 bits per heavy atom. The second-order valence-corrected chi connectivity index (χ2v) is 7.84. The molecule has 1 aromatic carbocycles. The molecular formula is C20H29N3O3. The number of para-hydroxylation sites is 1. The number of rotatable bonds is 5. The Labute approximate surface area is 155 Å². The standard InChI is InChI=1S/C20H29N3O3/c1-15(2)21-19(25)16-6-3-4-7-17(16)22-18(24)12-23-10-9-20(13-23)8-5-11-26-14-20/h3-4,6-7,15H,5,8-14H2,1-2H3,(H,21,25)(H,22,24). The number of hydrogen-bond donors (Lipinski definition) is 2. The molecule has 0 bridgehead atoms. The molecule has 2 fully saturated rings. The molecule has 2 aliphatic heterocycles. The summed E-state index contributed by atoms with van der Waals surface area (Å²) < 4.78 is 5.66. The van der Waals surface area contributed by atoms with Crippen molar-refractivity contribution in [3.63, 3.8) is 0 Å². The Balaban J connectivity index is 1.58. The molecule has 2 aliphatic rings. The van der Waals surface area contributed by atoms with Crippen LogP contribution in [-0.2, 0) is 9.53 Å². The van der Waals surface area contributed by atoms with E-state index in [9.17, 15) is 9.59 Å². The molecule has 0 aromatic heterocycles. The summed E-state index contributed by atoms with van der Waals surface area (Å²) in [5.41, 5.74) is 1.28. The van der Waals surface area contributed by atoms with Crippen LogP contribution in [0.2, 0.25) is 0 Å². The molecule has 3 rings (SSSR count). The van der Waals surface area contributed by atoms with E-state index in [0.29, 0.717) is 17.8 Å². The molecule has 2 amide bonds. The molecule has 6 nitrogen and oxygen atoms in total. The first-order chi connectivity index (χ1) is 12.5. The number of amides is 2. The fourth-order valence-electron chi connectivity index (χ4n) is 3.92. The van der Waals surface area contributed by atoms with E-state index in [4.69, 9.17) is 4.74 Å². The van der Waals surface area contributed by atoms with E-state index < -0.39 is 0 Å². The zero-order valence-electron chi connectivity index (χ0n) is 15.7.